The molecule has 1 aliphatic heterocycles. The number of nitrogens with zero attached hydrogens (tertiary/aromatic N) is 2. The van der Waals surface area contributed by atoms with E-state index in [1.54, 1.807) is 29.8 Å². The Morgan fingerprint density at radius 3 is 2.86 bits per heavy atom. The maximum absolute atomic E-state index is 12.6. The van der Waals surface area contributed by atoms with E-state index in [1.807, 2.05) is 0 Å². The molecule has 1 fully saturated rings. The standard InChI is InChI=1S/C18H10ClN3O4S2/c19-9-1-3-11(12(7-9)16(24)25)13-4-2-10(26-13)8-14-15(23)22(17(20)28-14)18-21-5-6-27-18/h1-8,20H,(H,24,25)/p-1/b14-8-,20-17?. The zero-order valence-corrected chi connectivity index (χ0v) is 16.2. The van der Waals surface area contributed by atoms with Gasteiger partial charge in [-0.1, -0.05) is 11.6 Å². The fourth-order valence-corrected chi connectivity index (χ4v) is 4.29. The molecule has 0 unspecified atom stereocenters. The van der Waals surface area contributed by atoms with Gasteiger partial charge in [0.2, 0.25) is 0 Å². The number of carboxylic acids is 1. The highest BCUT2D eigenvalue weighted by Crippen LogP contribution is 2.36. The molecule has 0 aliphatic carbocycles. The molecular weight excluding hydrogens is 422 g/mol. The number of furan rings is 1. The van der Waals surface area contributed by atoms with Crippen LogP contribution < -0.4 is 10.0 Å². The molecule has 1 amide bonds. The van der Waals surface area contributed by atoms with Crippen LogP contribution in [0.5, 0.6) is 0 Å². The normalized spacial score (nSPS) is 15.6. The number of thioether (sulfide) groups is 1. The topological polar surface area (TPSA) is 110 Å². The second-order valence-electron chi connectivity index (χ2n) is 5.55. The van der Waals surface area contributed by atoms with Crippen molar-refractivity contribution in [1.29, 1.82) is 5.41 Å². The lowest BCUT2D eigenvalue weighted by Crippen LogP contribution is -2.27. The number of carbonyl (C=O) groups excluding carboxylic acids is 2. The van der Waals surface area contributed by atoms with Crippen molar-refractivity contribution >= 4 is 63.0 Å². The van der Waals surface area contributed by atoms with Gasteiger partial charge in [0, 0.05) is 33.8 Å². The van der Waals surface area contributed by atoms with Gasteiger partial charge in [-0.3, -0.25) is 10.2 Å². The van der Waals surface area contributed by atoms with Gasteiger partial charge in [0.15, 0.2) is 10.3 Å². The molecular formula is C18H9ClN3O4S2-. The summed E-state index contributed by atoms with van der Waals surface area (Å²) in [5, 5.41) is 21.8. The molecule has 1 N–H and O–H groups in total. The first kappa shape index (κ1) is 18.5. The average molecular weight is 431 g/mol. The highest BCUT2D eigenvalue weighted by Gasteiger charge is 2.35. The number of amides is 1. The summed E-state index contributed by atoms with van der Waals surface area (Å²) in [6.45, 7) is 0. The summed E-state index contributed by atoms with van der Waals surface area (Å²) in [5.74, 6) is -1.10. The van der Waals surface area contributed by atoms with Gasteiger partial charge in [0.1, 0.15) is 11.5 Å². The molecule has 1 aliphatic rings. The number of carbonyl (C=O) groups is 2. The van der Waals surface area contributed by atoms with Gasteiger partial charge in [-0.2, -0.15) is 0 Å². The van der Waals surface area contributed by atoms with Crippen molar-refractivity contribution in [3.05, 3.63) is 63.2 Å². The zero-order chi connectivity index (χ0) is 19.8. The van der Waals surface area contributed by atoms with E-state index in [0.29, 0.717) is 27.1 Å². The molecule has 0 bridgehead atoms. The minimum absolute atomic E-state index is 0.0509. The Balaban J connectivity index is 1.65. The van der Waals surface area contributed by atoms with E-state index in [0.717, 1.165) is 11.8 Å². The lowest BCUT2D eigenvalue weighted by atomic mass is 10.1. The van der Waals surface area contributed by atoms with E-state index in [9.17, 15) is 14.7 Å². The Morgan fingerprint density at radius 2 is 2.14 bits per heavy atom. The third-order valence-electron chi connectivity index (χ3n) is 3.80. The molecule has 4 rings (SSSR count). The fourth-order valence-electron chi connectivity index (χ4n) is 2.59. The van der Waals surface area contributed by atoms with Crippen LogP contribution in [0.2, 0.25) is 5.02 Å². The Kier molecular flexibility index (Phi) is 4.80. The van der Waals surface area contributed by atoms with Crippen LogP contribution in [-0.4, -0.2) is 22.0 Å². The van der Waals surface area contributed by atoms with Gasteiger partial charge in [0.25, 0.3) is 5.91 Å². The average Bonchev–Trinajstić information content (AvgIpc) is 3.37. The lowest BCUT2D eigenvalue weighted by molar-refractivity contribution is -0.254. The Bertz CT molecular complexity index is 1140. The van der Waals surface area contributed by atoms with Gasteiger partial charge in [0.05, 0.1) is 10.9 Å². The number of carboxylic acid groups (broad SMARTS) is 1. The van der Waals surface area contributed by atoms with Gasteiger partial charge >= 0.3 is 0 Å². The molecule has 140 valence electrons. The van der Waals surface area contributed by atoms with Gasteiger partial charge in [-0.05, 0) is 42.1 Å². The van der Waals surface area contributed by atoms with Crippen LogP contribution in [0, 0.1) is 5.41 Å². The van der Waals surface area contributed by atoms with Crippen LogP contribution in [0.4, 0.5) is 5.13 Å². The maximum atomic E-state index is 12.6. The summed E-state index contributed by atoms with van der Waals surface area (Å²) >= 11 is 8.11. The smallest absolute Gasteiger partial charge is 0.273 e. The molecule has 1 saturated heterocycles. The van der Waals surface area contributed by atoms with Gasteiger partial charge in [-0.25, -0.2) is 9.88 Å². The largest absolute Gasteiger partial charge is 0.545 e. The minimum Gasteiger partial charge on any atom is -0.545 e. The molecule has 7 nitrogen and oxygen atoms in total. The summed E-state index contributed by atoms with van der Waals surface area (Å²) in [7, 11) is 0. The number of hydrogen-bond acceptors (Lipinski definition) is 8. The Labute approximate surface area is 171 Å². The van der Waals surface area contributed by atoms with E-state index in [4.69, 9.17) is 21.4 Å². The summed E-state index contributed by atoms with van der Waals surface area (Å²) in [6, 6.07) is 7.57. The van der Waals surface area contributed by atoms with E-state index in [2.05, 4.69) is 4.98 Å². The highest BCUT2D eigenvalue weighted by atomic mass is 35.5. The van der Waals surface area contributed by atoms with Crippen molar-refractivity contribution in [2.45, 2.75) is 0 Å². The van der Waals surface area contributed by atoms with Crippen LogP contribution >= 0.6 is 34.7 Å². The first-order valence-electron chi connectivity index (χ1n) is 7.77. The zero-order valence-electron chi connectivity index (χ0n) is 13.8. The highest BCUT2D eigenvalue weighted by molar-refractivity contribution is 8.19. The number of amidine groups is 1. The molecule has 0 radical (unpaired) electrons. The van der Waals surface area contributed by atoms with Crippen LogP contribution in [0.15, 0.2) is 51.2 Å². The summed E-state index contributed by atoms with van der Waals surface area (Å²) in [4.78, 5) is 29.5. The number of nitrogens with one attached hydrogen (secondary N) is 1. The number of aromatic carboxylic acids is 1. The van der Waals surface area contributed by atoms with E-state index >= 15 is 0 Å². The van der Waals surface area contributed by atoms with E-state index in [-0.39, 0.29) is 21.7 Å². The van der Waals surface area contributed by atoms with Crippen LogP contribution in [-0.2, 0) is 4.79 Å². The Hall–Kier alpha value is -2.88. The lowest BCUT2D eigenvalue weighted by Gasteiger charge is -2.09. The van der Waals surface area contributed by atoms with E-state index < -0.39 is 5.97 Å². The number of halogens is 1. The van der Waals surface area contributed by atoms with Gasteiger partial charge in [-0.15, -0.1) is 11.3 Å². The van der Waals surface area contributed by atoms with Crippen LogP contribution in [0.25, 0.3) is 17.4 Å². The maximum Gasteiger partial charge on any atom is 0.273 e. The van der Waals surface area contributed by atoms with Crippen LogP contribution in [0.1, 0.15) is 16.1 Å². The SMILES string of the molecule is N=C1S/C(=C\c2ccc(-c3ccc(Cl)cc3C(=O)[O-])o2)C(=O)N1c1nccs1. The number of rotatable bonds is 4. The first-order valence-corrected chi connectivity index (χ1v) is 9.84. The molecule has 1 aromatic carbocycles. The Morgan fingerprint density at radius 1 is 1.32 bits per heavy atom. The van der Waals surface area contributed by atoms with Crippen molar-refractivity contribution < 1.29 is 19.1 Å². The molecule has 0 spiro atoms. The predicted octanol–water partition coefficient (Wildman–Crippen LogP) is 3.48. The predicted molar refractivity (Wildman–Crippen MR) is 106 cm³/mol. The quantitative estimate of drug-likeness (QED) is 0.634. The summed E-state index contributed by atoms with van der Waals surface area (Å²) < 4.78 is 5.69. The molecule has 0 saturated carbocycles. The number of hydrogen-bond donors (Lipinski definition) is 1. The monoisotopic (exact) mass is 430 g/mol. The summed E-state index contributed by atoms with van der Waals surface area (Å²) in [6.07, 6.45) is 3.07. The number of benzene rings is 1. The second-order valence-corrected chi connectivity index (χ2v) is 7.89. The fraction of sp³-hybridized carbons (Fsp3) is 0. The van der Waals surface area contributed by atoms with Crippen LogP contribution in [0.3, 0.4) is 0 Å². The van der Waals surface area contributed by atoms with Crippen molar-refractivity contribution in [2.24, 2.45) is 0 Å². The van der Waals surface area contributed by atoms with Gasteiger partial charge < -0.3 is 14.3 Å². The minimum atomic E-state index is -1.37. The number of aromatic nitrogens is 1. The molecule has 2 aromatic heterocycles. The first-order chi connectivity index (χ1) is 13.4. The molecule has 10 heteroatoms. The molecule has 3 heterocycles. The molecule has 28 heavy (non-hydrogen) atoms. The molecule has 3 aromatic rings. The molecule has 0 atom stereocenters. The number of thiazole rings is 1. The second kappa shape index (κ2) is 7.27. The third-order valence-corrected chi connectivity index (χ3v) is 5.68. The van der Waals surface area contributed by atoms with Crippen molar-refractivity contribution in [3.63, 3.8) is 0 Å². The van der Waals surface area contributed by atoms with E-state index in [1.165, 1.54) is 34.4 Å². The van der Waals surface area contributed by atoms with Crippen molar-refractivity contribution in [1.82, 2.24) is 4.98 Å². The van der Waals surface area contributed by atoms with Crippen molar-refractivity contribution in [2.75, 3.05) is 4.90 Å². The third kappa shape index (κ3) is 3.35. The van der Waals surface area contributed by atoms with Crippen molar-refractivity contribution in [3.8, 4) is 11.3 Å². The number of anilines is 1. The summed E-state index contributed by atoms with van der Waals surface area (Å²) in [5.41, 5.74) is 0.223.